The molecule has 0 aliphatic heterocycles. The lowest BCUT2D eigenvalue weighted by Crippen LogP contribution is -2.35. The number of nitrogens with one attached hydrogen (secondary N) is 1. The predicted octanol–water partition coefficient (Wildman–Crippen LogP) is 4.20. The molecule has 2 rings (SSSR count). The number of H-pyrrole nitrogens is 1. The number of carboxylic acids is 1. The Morgan fingerprint density at radius 2 is 2.00 bits per heavy atom. The third-order valence-corrected chi connectivity index (χ3v) is 4.09. The summed E-state index contributed by atoms with van der Waals surface area (Å²) in [5, 5.41) is 9.77. The molecule has 2 aromatic rings. The summed E-state index contributed by atoms with van der Waals surface area (Å²) in [7, 11) is 0. The molecule has 0 atom stereocenters. The first-order chi connectivity index (χ1) is 12.0. The second-order valence-electron chi connectivity index (χ2n) is 6.12. The molecule has 0 fully saturated rings. The van der Waals surface area contributed by atoms with Crippen molar-refractivity contribution in [3.8, 4) is 5.75 Å². The Bertz CT molecular complexity index is 723. The van der Waals surface area contributed by atoms with Crippen molar-refractivity contribution in [1.82, 2.24) is 9.88 Å². The van der Waals surface area contributed by atoms with E-state index < -0.39 is 5.97 Å². The lowest BCUT2D eigenvalue weighted by atomic mass is 10.1. The minimum absolute atomic E-state index is 0.0904. The minimum Gasteiger partial charge on any atom is -0.481 e. The van der Waals surface area contributed by atoms with Crippen LogP contribution >= 0.6 is 0 Å². The van der Waals surface area contributed by atoms with E-state index in [1.54, 1.807) is 17.0 Å². The van der Waals surface area contributed by atoms with Crippen LogP contribution in [0.2, 0.25) is 0 Å². The van der Waals surface area contributed by atoms with Gasteiger partial charge in [0.05, 0.1) is 0 Å². The number of carboxylic acid groups (broad SMARTS) is 1. The molecule has 0 saturated carbocycles. The number of carbonyl (C=O) groups is 2. The van der Waals surface area contributed by atoms with E-state index in [2.05, 4.69) is 11.9 Å². The Morgan fingerprint density at radius 3 is 2.68 bits per heavy atom. The summed E-state index contributed by atoms with van der Waals surface area (Å²) in [4.78, 5) is 27.9. The van der Waals surface area contributed by atoms with Gasteiger partial charge < -0.3 is 19.7 Å². The summed E-state index contributed by atoms with van der Waals surface area (Å²) in [6, 6.07) is 5.39. The quantitative estimate of drug-likeness (QED) is 0.713. The summed E-state index contributed by atoms with van der Waals surface area (Å²) < 4.78 is 5.51. The first kappa shape index (κ1) is 18.8. The smallest absolute Gasteiger partial charge is 0.415 e. The number of unbranched alkanes of at least 4 members (excludes halogenated alkanes) is 1. The fourth-order valence-corrected chi connectivity index (χ4v) is 2.76. The molecule has 6 nitrogen and oxygen atoms in total. The molecule has 0 spiro atoms. The number of fused-ring (bicyclic) bond motifs is 1. The number of benzene rings is 1. The topological polar surface area (TPSA) is 82.6 Å². The van der Waals surface area contributed by atoms with Gasteiger partial charge in [0.2, 0.25) is 0 Å². The van der Waals surface area contributed by atoms with Crippen LogP contribution in [0.15, 0.2) is 24.4 Å². The van der Waals surface area contributed by atoms with E-state index in [0.717, 1.165) is 35.7 Å². The number of nitrogens with zero attached hydrogens (tertiary/aromatic N) is 1. The zero-order chi connectivity index (χ0) is 18.2. The number of amides is 1. The molecule has 0 unspecified atom stereocenters. The van der Waals surface area contributed by atoms with Gasteiger partial charge in [-0.3, -0.25) is 4.79 Å². The largest absolute Gasteiger partial charge is 0.481 e. The number of carbonyl (C=O) groups excluding carboxylic acids is 1. The molecule has 6 heteroatoms. The fourth-order valence-electron chi connectivity index (χ4n) is 2.76. The third kappa shape index (κ3) is 5.24. The average Bonchev–Trinajstić information content (AvgIpc) is 2.99. The van der Waals surface area contributed by atoms with E-state index in [1.165, 1.54) is 0 Å². The van der Waals surface area contributed by atoms with E-state index in [-0.39, 0.29) is 12.5 Å². The van der Waals surface area contributed by atoms with Crippen LogP contribution in [0.4, 0.5) is 4.79 Å². The van der Waals surface area contributed by atoms with Gasteiger partial charge in [-0.2, -0.15) is 0 Å². The molecule has 0 bridgehead atoms. The maximum absolute atomic E-state index is 12.4. The third-order valence-electron chi connectivity index (χ3n) is 4.09. The predicted molar refractivity (Wildman–Crippen MR) is 97.1 cm³/mol. The normalized spacial score (nSPS) is 10.8. The van der Waals surface area contributed by atoms with Gasteiger partial charge in [0.1, 0.15) is 5.75 Å². The number of hydrogen-bond acceptors (Lipinski definition) is 3. The van der Waals surface area contributed by atoms with Crippen molar-refractivity contribution in [3.63, 3.8) is 0 Å². The zero-order valence-corrected chi connectivity index (χ0v) is 14.9. The first-order valence-electron chi connectivity index (χ1n) is 8.83. The Hall–Kier alpha value is -2.50. The molecule has 1 aromatic heterocycles. The van der Waals surface area contributed by atoms with Gasteiger partial charge in [-0.05, 0) is 37.0 Å². The highest BCUT2D eigenvalue weighted by Gasteiger charge is 2.15. The SMILES string of the molecule is CCCCN(CCC)C(=O)Oc1ccc2c(CCC(=O)O)c[nH]c2c1. The van der Waals surface area contributed by atoms with Crippen LogP contribution in [0, 0.1) is 0 Å². The van der Waals surface area contributed by atoms with Gasteiger partial charge in [0.25, 0.3) is 0 Å². The number of aliphatic carboxylic acids is 1. The zero-order valence-electron chi connectivity index (χ0n) is 14.9. The lowest BCUT2D eigenvalue weighted by molar-refractivity contribution is -0.136. The second-order valence-corrected chi connectivity index (χ2v) is 6.12. The molecule has 136 valence electrons. The number of aromatic amines is 1. The van der Waals surface area contributed by atoms with Gasteiger partial charge >= 0.3 is 12.1 Å². The molecule has 1 aromatic carbocycles. The molecule has 0 aliphatic carbocycles. The number of aryl methyl sites for hydroxylation is 1. The molecule has 1 heterocycles. The number of hydrogen-bond donors (Lipinski definition) is 2. The molecular formula is C19H26N2O4. The highest BCUT2D eigenvalue weighted by Crippen LogP contribution is 2.24. The van der Waals surface area contributed by atoms with E-state index in [1.807, 2.05) is 19.2 Å². The highest BCUT2D eigenvalue weighted by molar-refractivity contribution is 5.85. The van der Waals surface area contributed by atoms with Gasteiger partial charge in [0.15, 0.2) is 0 Å². The monoisotopic (exact) mass is 346 g/mol. The maximum Gasteiger partial charge on any atom is 0.415 e. The van der Waals surface area contributed by atoms with Crippen LogP contribution in [0.1, 0.15) is 45.1 Å². The molecule has 0 radical (unpaired) electrons. The lowest BCUT2D eigenvalue weighted by Gasteiger charge is -2.21. The van der Waals surface area contributed by atoms with Crippen LogP contribution in [0.25, 0.3) is 10.9 Å². The van der Waals surface area contributed by atoms with E-state index >= 15 is 0 Å². The Kier molecular flexibility index (Phi) is 6.86. The van der Waals surface area contributed by atoms with E-state index in [4.69, 9.17) is 9.84 Å². The highest BCUT2D eigenvalue weighted by atomic mass is 16.6. The van der Waals surface area contributed by atoms with Crippen molar-refractivity contribution in [2.45, 2.75) is 46.0 Å². The van der Waals surface area contributed by atoms with Crippen molar-refractivity contribution in [3.05, 3.63) is 30.0 Å². The van der Waals surface area contributed by atoms with Gasteiger partial charge in [-0.25, -0.2) is 4.79 Å². The number of ether oxygens (including phenoxy) is 1. The summed E-state index contributed by atoms with van der Waals surface area (Å²) in [6.07, 6.45) is 4.92. The average molecular weight is 346 g/mol. The van der Waals surface area contributed by atoms with Crippen molar-refractivity contribution < 1.29 is 19.4 Å². The van der Waals surface area contributed by atoms with Crippen molar-refractivity contribution in [2.24, 2.45) is 0 Å². The van der Waals surface area contributed by atoms with Crippen molar-refractivity contribution in [1.29, 1.82) is 0 Å². The standard InChI is InChI=1S/C19H26N2O4/c1-3-5-11-21(10-4-2)19(24)25-15-7-8-16-14(6-9-18(22)23)13-20-17(16)12-15/h7-8,12-13,20H,3-6,9-11H2,1-2H3,(H,22,23). The van der Waals surface area contributed by atoms with Crippen LogP contribution in [0.3, 0.4) is 0 Å². The second kappa shape index (κ2) is 9.11. The van der Waals surface area contributed by atoms with Crippen LogP contribution in [-0.2, 0) is 11.2 Å². The van der Waals surface area contributed by atoms with Crippen LogP contribution in [-0.4, -0.2) is 40.1 Å². The number of rotatable bonds is 9. The van der Waals surface area contributed by atoms with Crippen LogP contribution in [0.5, 0.6) is 5.75 Å². The Balaban J connectivity index is 2.08. The summed E-state index contributed by atoms with van der Waals surface area (Å²) in [6.45, 7) is 5.52. The molecule has 2 N–H and O–H groups in total. The number of aromatic nitrogens is 1. The molecule has 25 heavy (non-hydrogen) atoms. The molecule has 1 amide bonds. The van der Waals surface area contributed by atoms with Gasteiger partial charge in [0, 0.05) is 42.7 Å². The van der Waals surface area contributed by atoms with Gasteiger partial charge in [-0.15, -0.1) is 0 Å². The molecule has 0 saturated heterocycles. The minimum atomic E-state index is -0.817. The van der Waals surface area contributed by atoms with Crippen molar-refractivity contribution >= 4 is 23.0 Å². The Morgan fingerprint density at radius 1 is 1.20 bits per heavy atom. The summed E-state index contributed by atoms with van der Waals surface area (Å²) in [5.74, 6) is -0.329. The van der Waals surface area contributed by atoms with E-state index in [0.29, 0.717) is 25.3 Å². The summed E-state index contributed by atoms with van der Waals surface area (Å²) in [5.41, 5.74) is 1.78. The molecule has 0 aliphatic rings. The first-order valence-corrected chi connectivity index (χ1v) is 8.83. The summed E-state index contributed by atoms with van der Waals surface area (Å²) >= 11 is 0. The van der Waals surface area contributed by atoms with Gasteiger partial charge in [-0.1, -0.05) is 20.3 Å². The Labute approximate surface area is 147 Å². The van der Waals surface area contributed by atoms with E-state index in [9.17, 15) is 9.59 Å². The van der Waals surface area contributed by atoms with Crippen LogP contribution < -0.4 is 4.74 Å². The molecular weight excluding hydrogens is 320 g/mol. The maximum atomic E-state index is 12.4. The fraction of sp³-hybridized carbons (Fsp3) is 0.474. The van der Waals surface area contributed by atoms with Crippen molar-refractivity contribution in [2.75, 3.05) is 13.1 Å².